The number of carbonyl (C=O) groups excluding carboxylic acids is 1. The number of pyridine rings is 1. The number of ether oxygens (including phenoxy) is 1. The van der Waals surface area contributed by atoms with Crippen molar-refractivity contribution in [3.63, 3.8) is 0 Å². The lowest BCUT2D eigenvalue weighted by Gasteiger charge is -2.13. The van der Waals surface area contributed by atoms with Gasteiger partial charge in [-0.3, -0.25) is 18.9 Å². The quantitative estimate of drug-likeness (QED) is 0.307. The maximum atomic E-state index is 13.4. The van der Waals surface area contributed by atoms with Crippen molar-refractivity contribution >= 4 is 57.7 Å². The normalized spacial score (nSPS) is 15.4. The van der Waals surface area contributed by atoms with E-state index in [1.54, 1.807) is 19.4 Å². The summed E-state index contributed by atoms with van der Waals surface area (Å²) < 4.78 is 7.04. The molecule has 0 atom stereocenters. The van der Waals surface area contributed by atoms with Gasteiger partial charge < -0.3 is 4.74 Å². The van der Waals surface area contributed by atoms with E-state index < -0.39 is 0 Å². The fraction of sp³-hybridized carbons (Fsp3) is 0.182. The molecule has 3 aromatic rings. The summed E-state index contributed by atoms with van der Waals surface area (Å²) in [7, 11) is 1.57. The van der Waals surface area contributed by atoms with E-state index >= 15 is 0 Å². The molecule has 6 nitrogen and oxygen atoms in total. The Hall–Kier alpha value is -2.46. The van der Waals surface area contributed by atoms with E-state index in [9.17, 15) is 9.59 Å². The molecule has 1 aliphatic rings. The average molecular weight is 470 g/mol. The molecule has 0 radical (unpaired) electrons. The summed E-state index contributed by atoms with van der Waals surface area (Å²) in [5.41, 5.74) is 1.63. The number of benzene rings is 1. The highest BCUT2D eigenvalue weighted by Crippen LogP contribution is 2.34. The van der Waals surface area contributed by atoms with Crippen LogP contribution in [0.4, 0.5) is 0 Å². The second kappa shape index (κ2) is 9.35. The van der Waals surface area contributed by atoms with Gasteiger partial charge in [-0.25, -0.2) is 4.98 Å². The number of carbonyl (C=O) groups is 1. The first kappa shape index (κ1) is 21.8. The molecule has 3 heterocycles. The van der Waals surface area contributed by atoms with E-state index in [1.807, 2.05) is 49.4 Å². The maximum absolute atomic E-state index is 13.4. The SMILES string of the molecule is COCCN1C(=O)/C(=C/c2c(Sc3ccccc3)nc3ccc(C)cn3c2=O)SC1=S. The number of fused-ring (bicyclic) bond motifs is 1. The predicted octanol–water partition coefficient (Wildman–Crippen LogP) is 4.00. The molecule has 31 heavy (non-hydrogen) atoms. The molecule has 1 fully saturated rings. The van der Waals surface area contributed by atoms with Gasteiger partial charge in [0.25, 0.3) is 11.5 Å². The van der Waals surface area contributed by atoms with Gasteiger partial charge in [-0.05, 0) is 36.8 Å². The third-order valence-electron chi connectivity index (χ3n) is 4.60. The van der Waals surface area contributed by atoms with Crippen LogP contribution in [0.5, 0.6) is 0 Å². The summed E-state index contributed by atoms with van der Waals surface area (Å²) in [6.07, 6.45) is 3.37. The largest absolute Gasteiger partial charge is 0.383 e. The molecule has 158 valence electrons. The molecule has 1 aliphatic heterocycles. The molecule has 2 aromatic heterocycles. The second-order valence-corrected chi connectivity index (χ2v) is 9.55. The zero-order valence-electron chi connectivity index (χ0n) is 16.9. The zero-order chi connectivity index (χ0) is 22.0. The van der Waals surface area contributed by atoms with Crippen molar-refractivity contribution in [1.29, 1.82) is 0 Å². The third-order valence-corrected chi connectivity index (χ3v) is 6.99. The minimum Gasteiger partial charge on any atom is -0.383 e. The van der Waals surface area contributed by atoms with Crippen LogP contribution in [0.2, 0.25) is 0 Å². The molecule has 0 aliphatic carbocycles. The van der Waals surface area contributed by atoms with Crippen LogP contribution in [-0.4, -0.2) is 44.8 Å². The molecule has 0 N–H and O–H groups in total. The lowest BCUT2D eigenvalue weighted by molar-refractivity contribution is -0.122. The fourth-order valence-electron chi connectivity index (χ4n) is 3.05. The van der Waals surface area contributed by atoms with Gasteiger partial charge in [0.2, 0.25) is 0 Å². The van der Waals surface area contributed by atoms with Crippen molar-refractivity contribution in [2.75, 3.05) is 20.3 Å². The Labute approximate surface area is 193 Å². The lowest BCUT2D eigenvalue weighted by Crippen LogP contribution is -2.31. The first-order valence-corrected chi connectivity index (χ1v) is 11.5. The van der Waals surface area contributed by atoms with E-state index in [2.05, 4.69) is 0 Å². The van der Waals surface area contributed by atoms with E-state index in [0.717, 1.165) is 10.5 Å². The van der Waals surface area contributed by atoms with Crippen LogP contribution in [0.1, 0.15) is 11.1 Å². The predicted molar refractivity (Wildman–Crippen MR) is 129 cm³/mol. The number of amides is 1. The van der Waals surface area contributed by atoms with Crippen molar-refractivity contribution < 1.29 is 9.53 Å². The van der Waals surface area contributed by atoms with Gasteiger partial charge in [-0.2, -0.15) is 0 Å². The summed E-state index contributed by atoms with van der Waals surface area (Å²) in [5, 5.41) is 0.544. The second-order valence-electron chi connectivity index (χ2n) is 6.81. The number of nitrogens with zero attached hydrogens (tertiary/aromatic N) is 3. The Kier molecular flexibility index (Phi) is 6.57. The molecule has 1 aromatic carbocycles. The Morgan fingerprint density at radius 3 is 2.71 bits per heavy atom. The van der Waals surface area contributed by atoms with Crippen LogP contribution in [-0.2, 0) is 9.53 Å². The smallest absolute Gasteiger partial charge is 0.266 e. The number of rotatable bonds is 6. The zero-order valence-corrected chi connectivity index (χ0v) is 19.4. The number of aryl methyl sites for hydroxylation is 1. The van der Waals surface area contributed by atoms with Crippen LogP contribution in [0.25, 0.3) is 11.7 Å². The highest BCUT2D eigenvalue weighted by atomic mass is 32.2. The number of aromatic nitrogens is 2. The van der Waals surface area contributed by atoms with Crippen LogP contribution >= 0.6 is 35.7 Å². The number of hydrogen-bond donors (Lipinski definition) is 0. The molecular weight excluding hydrogens is 450 g/mol. The molecule has 0 unspecified atom stereocenters. The number of hydrogen-bond acceptors (Lipinski definition) is 7. The summed E-state index contributed by atoms with van der Waals surface area (Å²) in [6.45, 7) is 2.67. The summed E-state index contributed by atoms with van der Waals surface area (Å²) >= 11 is 7.94. The van der Waals surface area contributed by atoms with Gasteiger partial charge in [-0.15, -0.1) is 0 Å². The molecular formula is C22H19N3O3S3. The van der Waals surface area contributed by atoms with Gasteiger partial charge in [0.1, 0.15) is 15.0 Å². The molecule has 0 bridgehead atoms. The Morgan fingerprint density at radius 1 is 1.19 bits per heavy atom. The highest BCUT2D eigenvalue weighted by molar-refractivity contribution is 8.26. The standard InChI is InChI=1S/C22H19N3O3S3/c1-14-8-9-18-23-19(30-15-6-4-3-5-7-15)16(20(26)25(18)13-14)12-17-21(27)24(10-11-28-2)22(29)31-17/h3-9,12-13H,10-11H2,1-2H3/b17-12-. The van der Waals surface area contributed by atoms with Crippen LogP contribution in [0.15, 0.2) is 68.3 Å². The molecule has 0 spiro atoms. The first-order chi connectivity index (χ1) is 15.0. The molecule has 1 saturated heterocycles. The maximum Gasteiger partial charge on any atom is 0.266 e. The van der Waals surface area contributed by atoms with Crippen molar-refractivity contribution in [3.8, 4) is 0 Å². The minimum absolute atomic E-state index is 0.226. The van der Waals surface area contributed by atoms with Gasteiger partial charge >= 0.3 is 0 Å². The monoisotopic (exact) mass is 469 g/mol. The van der Waals surface area contributed by atoms with Crippen molar-refractivity contribution in [2.24, 2.45) is 0 Å². The molecule has 4 rings (SSSR count). The highest BCUT2D eigenvalue weighted by Gasteiger charge is 2.32. The topological polar surface area (TPSA) is 63.9 Å². The van der Waals surface area contributed by atoms with Crippen LogP contribution < -0.4 is 5.56 Å². The van der Waals surface area contributed by atoms with E-state index in [4.69, 9.17) is 21.9 Å². The number of thiocarbonyl (C=S) groups is 1. The number of thioether (sulfide) groups is 1. The lowest BCUT2D eigenvalue weighted by atomic mass is 10.2. The average Bonchev–Trinajstić information content (AvgIpc) is 3.03. The van der Waals surface area contributed by atoms with Crippen molar-refractivity contribution in [3.05, 3.63) is 75.0 Å². The Balaban J connectivity index is 1.83. The molecule has 1 amide bonds. The molecule has 9 heteroatoms. The number of methoxy groups -OCH3 is 1. The summed E-state index contributed by atoms with van der Waals surface area (Å²) in [4.78, 5) is 33.9. The van der Waals surface area contributed by atoms with E-state index in [0.29, 0.717) is 38.6 Å². The Morgan fingerprint density at radius 2 is 1.97 bits per heavy atom. The van der Waals surface area contributed by atoms with Gasteiger partial charge in [0.05, 0.1) is 23.6 Å². The van der Waals surface area contributed by atoms with Crippen molar-refractivity contribution in [2.45, 2.75) is 16.8 Å². The van der Waals surface area contributed by atoms with Crippen LogP contribution in [0.3, 0.4) is 0 Å². The summed E-state index contributed by atoms with van der Waals surface area (Å²) in [5.74, 6) is -0.226. The fourth-order valence-corrected chi connectivity index (χ4v) is 5.25. The van der Waals surface area contributed by atoms with Gasteiger partial charge in [0, 0.05) is 18.2 Å². The first-order valence-electron chi connectivity index (χ1n) is 9.48. The van der Waals surface area contributed by atoms with Gasteiger partial charge in [0.15, 0.2) is 0 Å². The molecule has 0 saturated carbocycles. The van der Waals surface area contributed by atoms with E-state index in [-0.39, 0.29) is 11.5 Å². The van der Waals surface area contributed by atoms with Gasteiger partial charge in [-0.1, -0.05) is 60.0 Å². The van der Waals surface area contributed by atoms with Crippen LogP contribution in [0, 0.1) is 6.92 Å². The Bertz CT molecular complexity index is 1260. The third kappa shape index (κ3) is 4.59. The summed E-state index contributed by atoms with van der Waals surface area (Å²) in [6, 6.07) is 13.4. The minimum atomic E-state index is -0.228. The van der Waals surface area contributed by atoms with E-state index in [1.165, 1.54) is 32.8 Å². The van der Waals surface area contributed by atoms with Crippen molar-refractivity contribution in [1.82, 2.24) is 14.3 Å².